The van der Waals surface area contributed by atoms with Gasteiger partial charge in [0.05, 0.1) is 11.0 Å². The number of fused-ring (bicyclic) bond motifs is 1. The van der Waals surface area contributed by atoms with Gasteiger partial charge in [0.25, 0.3) is 0 Å². The predicted octanol–water partition coefficient (Wildman–Crippen LogP) is 2.69. The first-order valence-electron chi connectivity index (χ1n) is 5.09. The Balaban J connectivity index is 2.86. The quantitative estimate of drug-likeness (QED) is 0.795. The summed E-state index contributed by atoms with van der Waals surface area (Å²) in [4.78, 5) is 12.2. The van der Waals surface area contributed by atoms with Crippen LogP contribution in [0.1, 0.15) is 6.92 Å². The number of imidazole rings is 1. The van der Waals surface area contributed by atoms with E-state index in [2.05, 4.69) is 22.5 Å². The molecule has 0 radical (unpaired) electrons. The monoisotopic (exact) mass is 280 g/mol. The van der Waals surface area contributed by atoms with Crippen LogP contribution in [0.3, 0.4) is 0 Å². The fourth-order valence-corrected chi connectivity index (χ4v) is 2.23. The van der Waals surface area contributed by atoms with Gasteiger partial charge >= 0.3 is 5.69 Å². The lowest BCUT2D eigenvalue weighted by molar-refractivity contribution is 0.747. The van der Waals surface area contributed by atoms with Crippen molar-refractivity contribution in [1.82, 2.24) is 9.13 Å². The van der Waals surface area contributed by atoms with E-state index in [-0.39, 0.29) is 5.69 Å². The second-order valence-electron chi connectivity index (χ2n) is 3.68. The van der Waals surface area contributed by atoms with Crippen molar-refractivity contribution in [3.8, 4) is 0 Å². The van der Waals surface area contributed by atoms with Gasteiger partial charge in [-0.1, -0.05) is 34.6 Å². The number of halogens is 1. The summed E-state index contributed by atoms with van der Waals surface area (Å²) in [5.74, 6) is 0. The van der Waals surface area contributed by atoms with Gasteiger partial charge < -0.3 is 0 Å². The zero-order valence-electron chi connectivity index (χ0n) is 9.11. The van der Waals surface area contributed by atoms with Crippen LogP contribution in [0, 0.1) is 0 Å². The Morgan fingerprint density at radius 1 is 1.38 bits per heavy atom. The summed E-state index contributed by atoms with van der Waals surface area (Å²) in [5, 5.41) is 0.761. The van der Waals surface area contributed by atoms with Crippen LogP contribution in [0.15, 0.2) is 35.6 Å². The van der Waals surface area contributed by atoms with Gasteiger partial charge in [-0.3, -0.25) is 9.13 Å². The SMILES string of the molecule is C=C(C)n1c(=O)n(CCBr)c2ccccc21. The summed E-state index contributed by atoms with van der Waals surface area (Å²) in [6, 6.07) is 7.77. The molecule has 0 unspecified atom stereocenters. The number of hydrogen-bond donors (Lipinski definition) is 0. The van der Waals surface area contributed by atoms with E-state index in [1.54, 1.807) is 9.13 Å². The summed E-state index contributed by atoms with van der Waals surface area (Å²) in [6.45, 7) is 6.35. The molecular formula is C12H13BrN2O. The molecule has 0 amide bonds. The van der Waals surface area contributed by atoms with Gasteiger partial charge in [-0.05, 0) is 19.1 Å². The number of benzene rings is 1. The van der Waals surface area contributed by atoms with Gasteiger partial charge in [-0.25, -0.2) is 4.79 Å². The van der Waals surface area contributed by atoms with Crippen molar-refractivity contribution in [2.75, 3.05) is 5.33 Å². The molecule has 1 heterocycles. The third-order valence-electron chi connectivity index (χ3n) is 2.53. The van der Waals surface area contributed by atoms with Crippen LogP contribution in [-0.2, 0) is 6.54 Å². The Bertz CT molecular complexity index is 595. The maximum absolute atomic E-state index is 12.2. The molecule has 0 atom stereocenters. The Morgan fingerprint density at radius 2 is 2.00 bits per heavy atom. The highest BCUT2D eigenvalue weighted by Crippen LogP contribution is 2.15. The zero-order valence-corrected chi connectivity index (χ0v) is 10.7. The molecule has 0 N–H and O–H groups in total. The molecule has 0 saturated carbocycles. The van der Waals surface area contributed by atoms with Gasteiger partial charge in [0.2, 0.25) is 0 Å². The number of para-hydroxylation sites is 2. The molecule has 4 heteroatoms. The van der Waals surface area contributed by atoms with E-state index in [1.165, 1.54) is 0 Å². The van der Waals surface area contributed by atoms with E-state index >= 15 is 0 Å². The first kappa shape index (κ1) is 11.2. The third kappa shape index (κ3) is 1.63. The van der Waals surface area contributed by atoms with Crippen LogP contribution >= 0.6 is 15.9 Å². The number of alkyl halides is 1. The summed E-state index contributed by atoms with van der Waals surface area (Å²) in [7, 11) is 0. The second-order valence-corrected chi connectivity index (χ2v) is 4.48. The molecule has 2 rings (SSSR count). The molecule has 2 aromatic rings. The lowest BCUT2D eigenvalue weighted by atomic mass is 10.3. The molecule has 3 nitrogen and oxygen atoms in total. The van der Waals surface area contributed by atoms with Crippen LogP contribution in [-0.4, -0.2) is 14.5 Å². The second kappa shape index (κ2) is 4.29. The molecule has 0 aliphatic carbocycles. The van der Waals surface area contributed by atoms with Gasteiger partial charge in [-0.15, -0.1) is 0 Å². The van der Waals surface area contributed by atoms with Crippen molar-refractivity contribution in [2.24, 2.45) is 0 Å². The number of nitrogens with zero attached hydrogens (tertiary/aromatic N) is 2. The van der Waals surface area contributed by atoms with Gasteiger partial charge in [-0.2, -0.15) is 0 Å². The molecule has 1 aromatic carbocycles. The fourth-order valence-electron chi connectivity index (χ4n) is 1.88. The maximum atomic E-state index is 12.2. The Kier molecular flexibility index (Phi) is 3.01. The van der Waals surface area contributed by atoms with Crippen LogP contribution < -0.4 is 5.69 Å². The maximum Gasteiger partial charge on any atom is 0.333 e. The average Bonchev–Trinajstić information content (AvgIpc) is 2.53. The minimum Gasteiger partial charge on any atom is -0.291 e. The fraction of sp³-hybridized carbons (Fsp3) is 0.250. The predicted molar refractivity (Wildman–Crippen MR) is 71.0 cm³/mol. The molecule has 0 fully saturated rings. The van der Waals surface area contributed by atoms with Crippen molar-refractivity contribution < 1.29 is 0 Å². The highest BCUT2D eigenvalue weighted by atomic mass is 79.9. The van der Waals surface area contributed by atoms with Crippen molar-refractivity contribution >= 4 is 32.7 Å². The Hall–Kier alpha value is -1.29. The molecule has 0 aliphatic rings. The standard InChI is InChI=1S/C12H13BrN2O/c1-9(2)15-11-6-4-3-5-10(11)14(8-7-13)12(15)16/h3-6H,1,7-8H2,2H3. The van der Waals surface area contributed by atoms with E-state index in [4.69, 9.17) is 0 Å². The summed E-state index contributed by atoms with van der Waals surface area (Å²) >= 11 is 3.36. The van der Waals surface area contributed by atoms with Crippen molar-refractivity contribution in [3.05, 3.63) is 41.3 Å². The summed E-state index contributed by atoms with van der Waals surface area (Å²) < 4.78 is 3.41. The van der Waals surface area contributed by atoms with E-state index < -0.39 is 0 Å². The summed E-state index contributed by atoms with van der Waals surface area (Å²) in [5.41, 5.74) is 2.60. The number of aromatic nitrogens is 2. The molecule has 16 heavy (non-hydrogen) atoms. The molecule has 0 bridgehead atoms. The minimum absolute atomic E-state index is 0.0202. The van der Waals surface area contributed by atoms with Crippen LogP contribution in [0.25, 0.3) is 16.7 Å². The van der Waals surface area contributed by atoms with E-state index in [9.17, 15) is 4.79 Å². The molecule has 0 saturated heterocycles. The van der Waals surface area contributed by atoms with Gasteiger partial charge in [0.15, 0.2) is 0 Å². The van der Waals surface area contributed by atoms with Crippen LogP contribution in [0.5, 0.6) is 0 Å². The first-order valence-corrected chi connectivity index (χ1v) is 6.21. The third-order valence-corrected chi connectivity index (χ3v) is 2.88. The smallest absolute Gasteiger partial charge is 0.291 e. The molecule has 0 aliphatic heterocycles. The first-order chi connectivity index (χ1) is 7.66. The van der Waals surface area contributed by atoms with Crippen LogP contribution in [0.2, 0.25) is 0 Å². The number of aryl methyl sites for hydroxylation is 1. The number of allylic oxidation sites excluding steroid dienone is 1. The summed E-state index contributed by atoms with van der Waals surface area (Å²) in [6.07, 6.45) is 0. The van der Waals surface area contributed by atoms with E-state index in [1.807, 2.05) is 31.2 Å². The zero-order chi connectivity index (χ0) is 11.7. The lowest BCUT2D eigenvalue weighted by Gasteiger charge is -1.99. The average molecular weight is 281 g/mol. The lowest BCUT2D eigenvalue weighted by Crippen LogP contribution is -2.23. The number of rotatable bonds is 3. The van der Waals surface area contributed by atoms with Gasteiger partial charge in [0.1, 0.15) is 0 Å². The van der Waals surface area contributed by atoms with Crippen molar-refractivity contribution in [1.29, 1.82) is 0 Å². The molecule has 1 aromatic heterocycles. The number of hydrogen-bond acceptors (Lipinski definition) is 1. The normalized spacial score (nSPS) is 10.9. The van der Waals surface area contributed by atoms with E-state index in [0.717, 1.165) is 22.1 Å². The highest BCUT2D eigenvalue weighted by molar-refractivity contribution is 9.09. The largest absolute Gasteiger partial charge is 0.333 e. The minimum atomic E-state index is -0.0202. The topological polar surface area (TPSA) is 26.9 Å². The molecule has 0 spiro atoms. The highest BCUT2D eigenvalue weighted by Gasteiger charge is 2.11. The Morgan fingerprint density at radius 3 is 2.56 bits per heavy atom. The van der Waals surface area contributed by atoms with E-state index in [0.29, 0.717) is 6.54 Å². The van der Waals surface area contributed by atoms with Crippen LogP contribution in [0.4, 0.5) is 0 Å². The van der Waals surface area contributed by atoms with Gasteiger partial charge in [0, 0.05) is 17.6 Å². The van der Waals surface area contributed by atoms with Crippen molar-refractivity contribution in [3.63, 3.8) is 0 Å². The molecular weight excluding hydrogens is 268 g/mol. The Labute approximate surface area is 102 Å². The molecule has 84 valence electrons. The van der Waals surface area contributed by atoms with Crippen molar-refractivity contribution in [2.45, 2.75) is 13.5 Å².